The first kappa shape index (κ1) is 13.5. The van der Waals surface area contributed by atoms with Crippen molar-refractivity contribution in [2.75, 3.05) is 5.32 Å². The minimum Gasteiger partial charge on any atom is -0.478 e. The van der Waals surface area contributed by atoms with Crippen LogP contribution in [0.1, 0.15) is 27.9 Å². The van der Waals surface area contributed by atoms with Crippen molar-refractivity contribution >= 4 is 11.8 Å². The van der Waals surface area contributed by atoms with Gasteiger partial charge < -0.3 is 10.4 Å². The van der Waals surface area contributed by atoms with Crippen molar-refractivity contribution in [3.05, 3.63) is 59.0 Å². The highest BCUT2D eigenvalue weighted by atomic mass is 19.1. The lowest BCUT2D eigenvalue weighted by molar-refractivity contribution is 0.0697. The maximum absolute atomic E-state index is 13.1. The van der Waals surface area contributed by atoms with E-state index >= 15 is 0 Å². The van der Waals surface area contributed by atoms with Crippen LogP contribution in [0.5, 0.6) is 0 Å². The number of benzene rings is 1. The summed E-state index contributed by atoms with van der Waals surface area (Å²) >= 11 is 0. The number of aromatic nitrogens is 1. The molecule has 0 amide bonds. The van der Waals surface area contributed by atoms with E-state index in [1.165, 1.54) is 11.1 Å². The summed E-state index contributed by atoms with van der Waals surface area (Å²) in [7, 11) is 0. The normalized spacial score (nSPS) is 17.1. The Morgan fingerprint density at radius 1 is 1.33 bits per heavy atom. The van der Waals surface area contributed by atoms with E-state index in [0.717, 1.165) is 31.5 Å². The maximum Gasteiger partial charge on any atom is 0.339 e. The number of carboxylic acids is 1. The van der Waals surface area contributed by atoms with Gasteiger partial charge in [0, 0.05) is 6.04 Å². The number of pyridine rings is 1. The number of rotatable bonds is 3. The zero-order chi connectivity index (χ0) is 14.8. The molecule has 4 nitrogen and oxygen atoms in total. The van der Waals surface area contributed by atoms with Gasteiger partial charge in [0.2, 0.25) is 0 Å². The molecule has 2 N–H and O–H groups in total. The van der Waals surface area contributed by atoms with Crippen LogP contribution in [0, 0.1) is 5.82 Å². The highest BCUT2D eigenvalue weighted by Gasteiger charge is 2.21. The van der Waals surface area contributed by atoms with Crippen LogP contribution in [0.25, 0.3) is 0 Å². The van der Waals surface area contributed by atoms with E-state index in [4.69, 9.17) is 5.11 Å². The summed E-state index contributed by atoms with van der Waals surface area (Å²) in [5.74, 6) is -1.60. The predicted molar refractivity (Wildman–Crippen MR) is 77.0 cm³/mol. The molecule has 0 bridgehead atoms. The molecule has 1 unspecified atom stereocenters. The SMILES string of the molecule is O=C(O)c1cc(F)cnc1NC1CCc2ccccc2C1. The molecule has 21 heavy (non-hydrogen) atoms. The Balaban J connectivity index is 1.81. The molecular formula is C16H15FN2O2. The number of carbonyl (C=O) groups is 1. The Kier molecular flexibility index (Phi) is 3.56. The van der Waals surface area contributed by atoms with E-state index < -0.39 is 11.8 Å². The number of fused-ring (bicyclic) bond motifs is 1. The lowest BCUT2D eigenvalue weighted by Gasteiger charge is -2.26. The smallest absolute Gasteiger partial charge is 0.339 e. The van der Waals surface area contributed by atoms with E-state index in [9.17, 15) is 9.18 Å². The molecule has 0 saturated heterocycles. The van der Waals surface area contributed by atoms with Crippen molar-refractivity contribution in [1.29, 1.82) is 0 Å². The highest BCUT2D eigenvalue weighted by Crippen LogP contribution is 2.24. The fraction of sp³-hybridized carbons (Fsp3) is 0.250. The highest BCUT2D eigenvalue weighted by molar-refractivity contribution is 5.93. The van der Waals surface area contributed by atoms with Gasteiger partial charge in [0.05, 0.1) is 6.20 Å². The van der Waals surface area contributed by atoms with Crippen LogP contribution in [-0.4, -0.2) is 22.1 Å². The first-order valence-electron chi connectivity index (χ1n) is 6.85. The standard InChI is InChI=1S/C16H15FN2O2/c17-12-8-14(16(20)21)15(18-9-12)19-13-6-5-10-3-1-2-4-11(10)7-13/h1-4,8-9,13H,5-7H2,(H,18,19)(H,20,21). The fourth-order valence-corrected chi connectivity index (χ4v) is 2.73. The largest absolute Gasteiger partial charge is 0.478 e. The molecule has 1 heterocycles. The van der Waals surface area contributed by atoms with Gasteiger partial charge in [-0.3, -0.25) is 0 Å². The molecular weight excluding hydrogens is 271 g/mol. The van der Waals surface area contributed by atoms with Crippen molar-refractivity contribution in [3.8, 4) is 0 Å². The quantitative estimate of drug-likeness (QED) is 0.910. The lowest BCUT2D eigenvalue weighted by atomic mass is 9.88. The Morgan fingerprint density at radius 3 is 2.86 bits per heavy atom. The van der Waals surface area contributed by atoms with Gasteiger partial charge in [0.25, 0.3) is 0 Å². The number of nitrogens with zero attached hydrogens (tertiary/aromatic N) is 1. The van der Waals surface area contributed by atoms with Crippen LogP contribution in [0.3, 0.4) is 0 Å². The Hall–Kier alpha value is -2.43. The van der Waals surface area contributed by atoms with Crippen LogP contribution in [0.2, 0.25) is 0 Å². The second-order valence-electron chi connectivity index (χ2n) is 5.21. The summed E-state index contributed by atoms with van der Waals surface area (Å²) in [6, 6.07) is 9.32. The third-order valence-electron chi connectivity index (χ3n) is 3.77. The van der Waals surface area contributed by atoms with Gasteiger partial charge in [-0.1, -0.05) is 24.3 Å². The average Bonchev–Trinajstić information content (AvgIpc) is 2.49. The van der Waals surface area contributed by atoms with Crippen molar-refractivity contribution in [3.63, 3.8) is 0 Å². The van der Waals surface area contributed by atoms with E-state index in [2.05, 4.69) is 22.4 Å². The van der Waals surface area contributed by atoms with Gasteiger partial charge in [-0.2, -0.15) is 0 Å². The van der Waals surface area contributed by atoms with E-state index in [1.807, 2.05) is 12.1 Å². The number of halogens is 1. The topological polar surface area (TPSA) is 62.2 Å². The minimum atomic E-state index is -1.18. The van der Waals surface area contributed by atoms with Gasteiger partial charge in [-0.05, 0) is 36.5 Å². The minimum absolute atomic E-state index is 0.107. The van der Waals surface area contributed by atoms with Crippen molar-refractivity contribution in [2.45, 2.75) is 25.3 Å². The number of nitrogens with one attached hydrogen (secondary N) is 1. The summed E-state index contributed by atoms with van der Waals surface area (Å²) in [6.07, 6.45) is 3.69. The first-order chi connectivity index (χ1) is 10.1. The van der Waals surface area contributed by atoms with Crippen LogP contribution in [0.4, 0.5) is 10.2 Å². The number of anilines is 1. The zero-order valence-corrected chi connectivity index (χ0v) is 11.3. The van der Waals surface area contributed by atoms with Crippen LogP contribution >= 0.6 is 0 Å². The van der Waals surface area contributed by atoms with Gasteiger partial charge in [-0.15, -0.1) is 0 Å². The van der Waals surface area contributed by atoms with Crippen LogP contribution in [-0.2, 0) is 12.8 Å². The third-order valence-corrected chi connectivity index (χ3v) is 3.77. The molecule has 1 aromatic carbocycles. The van der Waals surface area contributed by atoms with Crippen molar-refractivity contribution < 1.29 is 14.3 Å². The number of hydrogen-bond donors (Lipinski definition) is 2. The first-order valence-corrected chi connectivity index (χ1v) is 6.85. The monoisotopic (exact) mass is 286 g/mol. The Labute approximate surface area is 121 Å². The molecule has 0 fully saturated rings. The van der Waals surface area contributed by atoms with Gasteiger partial charge in [0.15, 0.2) is 0 Å². The number of hydrogen-bond acceptors (Lipinski definition) is 3. The molecule has 0 spiro atoms. The molecule has 1 aliphatic carbocycles. The summed E-state index contributed by atoms with van der Waals surface area (Å²) in [4.78, 5) is 15.0. The number of carboxylic acid groups (broad SMARTS) is 1. The van der Waals surface area contributed by atoms with E-state index in [0.29, 0.717) is 0 Å². The van der Waals surface area contributed by atoms with Gasteiger partial charge in [0.1, 0.15) is 17.2 Å². The molecule has 108 valence electrons. The predicted octanol–water partition coefficient (Wildman–Crippen LogP) is 2.89. The molecule has 1 atom stereocenters. The molecule has 3 rings (SSSR count). The van der Waals surface area contributed by atoms with Gasteiger partial charge in [-0.25, -0.2) is 14.2 Å². The van der Waals surface area contributed by atoms with E-state index in [1.54, 1.807) is 0 Å². The molecule has 0 aliphatic heterocycles. The second-order valence-corrected chi connectivity index (χ2v) is 5.21. The molecule has 1 aliphatic rings. The Bertz CT molecular complexity index is 688. The molecule has 0 saturated carbocycles. The van der Waals surface area contributed by atoms with Crippen molar-refractivity contribution in [1.82, 2.24) is 4.98 Å². The van der Waals surface area contributed by atoms with E-state index in [-0.39, 0.29) is 17.4 Å². The fourth-order valence-electron chi connectivity index (χ4n) is 2.73. The number of aromatic carboxylic acids is 1. The molecule has 1 aromatic heterocycles. The third kappa shape index (κ3) is 2.86. The molecule has 5 heteroatoms. The average molecular weight is 286 g/mol. The van der Waals surface area contributed by atoms with Crippen LogP contribution in [0.15, 0.2) is 36.5 Å². The maximum atomic E-state index is 13.1. The Morgan fingerprint density at radius 2 is 2.10 bits per heavy atom. The lowest BCUT2D eigenvalue weighted by Crippen LogP contribution is -2.28. The molecule has 0 radical (unpaired) electrons. The van der Waals surface area contributed by atoms with Crippen molar-refractivity contribution in [2.24, 2.45) is 0 Å². The second kappa shape index (κ2) is 5.52. The van der Waals surface area contributed by atoms with Gasteiger partial charge >= 0.3 is 5.97 Å². The zero-order valence-electron chi connectivity index (χ0n) is 11.3. The summed E-state index contributed by atoms with van der Waals surface area (Å²) in [5, 5.41) is 12.3. The summed E-state index contributed by atoms with van der Waals surface area (Å²) in [5.41, 5.74) is 2.47. The number of aryl methyl sites for hydroxylation is 1. The summed E-state index contributed by atoms with van der Waals surface area (Å²) < 4.78 is 13.1. The summed E-state index contributed by atoms with van der Waals surface area (Å²) in [6.45, 7) is 0. The van der Waals surface area contributed by atoms with Crippen LogP contribution < -0.4 is 5.32 Å². The molecule has 2 aromatic rings.